The Balaban J connectivity index is 1.55. The Morgan fingerprint density at radius 3 is 2.40 bits per heavy atom. The second-order valence-corrected chi connectivity index (χ2v) is 10.4. The van der Waals surface area contributed by atoms with Crippen molar-refractivity contribution in [3.8, 4) is 11.3 Å². The molecule has 0 aliphatic rings. The van der Waals surface area contributed by atoms with Gasteiger partial charge in [0.05, 0.1) is 29.0 Å². The third-order valence-electron chi connectivity index (χ3n) is 6.76. The van der Waals surface area contributed by atoms with Gasteiger partial charge in [0.15, 0.2) is 5.82 Å². The molecule has 40 heavy (non-hydrogen) atoms. The van der Waals surface area contributed by atoms with Crippen molar-refractivity contribution in [2.75, 3.05) is 5.73 Å². The van der Waals surface area contributed by atoms with Crippen molar-refractivity contribution in [3.63, 3.8) is 0 Å². The van der Waals surface area contributed by atoms with Crippen LogP contribution >= 0.6 is 0 Å². The largest absolute Gasteiger partial charge is 0.417 e. The van der Waals surface area contributed by atoms with Crippen LogP contribution in [0, 0.1) is 5.92 Å². The fourth-order valence-electron chi connectivity index (χ4n) is 4.22. The summed E-state index contributed by atoms with van der Waals surface area (Å²) in [6, 6.07) is 12.0. The average Bonchev–Trinajstić information content (AvgIpc) is 3.46. The Morgan fingerprint density at radius 2 is 1.77 bits per heavy atom. The van der Waals surface area contributed by atoms with E-state index < -0.39 is 28.7 Å². The Morgan fingerprint density at radius 1 is 1.05 bits per heavy atom. The molecule has 1 atom stereocenters. The van der Waals surface area contributed by atoms with Gasteiger partial charge in [-0.25, -0.2) is 4.98 Å². The second kappa shape index (κ2) is 11.6. The monoisotopic (exact) mass is 543 g/mol. The average molecular weight is 544 g/mol. The fourth-order valence-corrected chi connectivity index (χ4v) is 4.22. The van der Waals surface area contributed by atoms with Gasteiger partial charge in [-0.1, -0.05) is 57.2 Å². The van der Waals surface area contributed by atoms with Crippen molar-refractivity contribution in [2.24, 2.45) is 5.92 Å². The van der Waals surface area contributed by atoms with E-state index in [1.807, 2.05) is 44.2 Å². The van der Waals surface area contributed by atoms with Gasteiger partial charge in [-0.15, -0.1) is 10.2 Å². The van der Waals surface area contributed by atoms with Crippen molar-refractivity contribution >= 4 is 17.5 Å². The molecule has 3 aromatic heterocycles. The van der Waals surface area contributed by atoms with Crippen molar-refractivity contribution in [1.29, 1.82) is 0 Å². The number of amides is 1. The highest BCUT2D eigenvalue weighted by atomic mass is 16.4. The van der Waals surface area contributed by atoms with Crippen LogP contribution in [-0.4, -0.2) is 42.5 Å². The van der Waals surface area contributed by atoms with Gasteiger partial charge in [-0.3, -0.25) is 23.9 Å². The minimum atomic E-state index is -0.971. The van der Waals surface area contributed by atoms with Gasteiger partial charge < -0.3 is 15.5 Å². The summed E-state index contributed by atoms with van der Waals surface area (Å²) in [6.07, 6.45) is 4.11. The molecule has 1 amide bonds. The van der Waals surface area contributed by atoms with E-state index in [2.05, 4.69) is 32.4 Å². The molecule has 0 aliphatic carbocycles. The lowest BCUT2D eigenvalue weighted by atomic mass is 9.88. The van der Waals surface area contributed by atoms with E-state index in [9.17, 15) is 14.4 Å². The summed E-state index contributed by atoms with van der Waals surface area (Å²) in [5, 5.41) is 10.8. The van der Waals surface area contributed by atoms with Gasteiger partial charge in [0.1, 0.15) is 6.54 Å². The number of aryl methyl sites for hydroxylation is 1. The third kappa shape index (κ3) is 5.83. The molecule has 3 heterocycles. The molecule has 3 N–H and O–H groups in total. The number of carbonyl (C=O) groups excluding carboxylic acids is 2. The number of benzene rings is 1. The van der Waals surface area contributed by atoms with Gasteiger partial charge in [-0.05, 0) is 43.4 Å². The normalized spacial score (nSPS) is 12.3. The number of ketones is 1. The topological polar surface area (TPSA) is 159 Å². The highest BCUT2D eigenvalue weighted by molar-refractivity contribution is 5.98. The quantitative estimate of drug-likeness (QED) is 0.286. The van der Waals surface area contributed by atoms with Gasteiger partial charge in [-0.2, -0.15) is 0 Å². The maximum absolute atomic E-state index is 13.4. The predicted molar refractivity (Wildman–Crippen MR) is 149 cm³/mol. The molecule has 11 nitrogen and oxygen atoms in total. The molecule has 0 radical (unpaired) electrons. The van der Waals surface area contributed by atoms with Crippen LogP contribution in [0.4, 0.5) is 5.82 Å². The first-order valence-corrected chi connectivity index (χ1v) is 13.1. The van der Waals surface area contributed by atoms with Crippen molar-refractivity contribution in [2.45, 2.75) is 59.0 Å². The van der Waals surface area contributed by atoms with Crippen LogP contribution in [0.5, 0.6) is 0 Å². The molecule has 4 aromatic rings. The number of hydrogen-bond donors (Lipinski definition) is 2. The lowest BCUT2D eigenvalue weighted by Gasteiger charge is -2.21. The van der Waals surface area contributed by atoms with Crippen LogP contribution in [0.25, 0.3) is 11.3 Å². The number of rotatable bonds is 10. The van der Waals surface area contributed by atoms with Crippen molar-refractivity contribution in [1.82, 2.24) is 30.0 Å². The summed E-state index contributed by atoms with van der Waals surface area (Å²) in [5.74, 6) is -1.62. The van der Waals surface area contributed by atoms with Crippen molar-refractivity contribution < 1.29 is 14.0 Å². The number of nitrogens with one attached hydrogen (secondary N) is 1. The van der Waals surface area contributed by atoms with E-state index in [0.29, 0.717) is 11.3 Å². The Bertz CT molecular complexity index is 1560. The molecule has 0 aliphatic heterocycles. The molecule has 1 aromatic carbocycles. The first-order valence-electron chi connectivity index (χ1n) is 13.1. The van der Waals surface area contributed by atoms with Gasteiger partial charge in [0.25, 0.3) is 11.4 Å². The summed E-state index contributed by atoms with van der Waals surface area (Å²) < 4.78 is 7.06. The van der Waals surface area contributed by atoms with Gasteiger partial charge in [0.2, 0.25) is 17.6 Å². The van der Waals surface area contributed by atoms with E-state index >= 15 is 0 Å². The Kier molecular flexibility index (Phi) is 8.22. The summed E-state index contributed by atoms with van der Waals surface area (Å²) in [4.78, 5) is 47.9. The first-order chi connectivity index (χ1) is 19.0. The number of nitrogens with zero attached hydrogens (tertiary/aromatic N) is 5. The second-order valence-electron chi connectivity index (χ2n) is 10.4. The van der Waals surface area contributed by atoms with Crippen LogP contribution in [0.3, 0.4) is 0 Å². The summed E-state index contributed by atoms with van der Waals surface area (Å²) in [7, 11) is 0. The Labute approximate surface area is 231 Å². The molecule has 0 saturated carbocycles. The summed E-state index contributed by atoms with van der Waals surface area (Å²) >= 11 is 0. The number of Topliss-reactive ketones (excluding diaryl/α,β-unsaturated/α-hetero) is 1. The number of carbonyl (C=O) groups is 2. The van der Waals surface area contributed by atoms with Gasteiger partial charge >= 0.3 is 0 Å². The molecule has 1 unspecified atom stereocenters. The molecular weight excluding hydrogens is 510 g/mol. The minimum Gasteiger partial charge on any atom is -0.417 e. The van der Waals surface area contributed by atoms with E-state index in [-0.39, 0.29) is 30.1 Å². The SMILES string of the molecule is CCc1ccc(C(C)(C)c2nnc(C(=O)C(NC(=O)Cn3c(-c4ccccc4)cnc(N)c3=O)C(C)C)o2)nc1. The van der Waals surface area contributed by atoms with Crippen LogP contribution in [0.2, 0.25) is 0 Å². The third-order valence-corrected chi connectivity index (χ3v) is 6.76. The fraction of sp³-hybridized carbons (Fsp3) is 0.345. The number of nitrogens with two attached hydrogens (primary N) is 1. The zero-order chi connectivity index (χ0) is 29.0. The molecule has 208 valence electrons. The Hall–Kier alpha value is -4.67. The number of pyridine rings is 1. The lowest BCUT2D eigenvalue weighted by Crippen LogP contribution is -2.46. The zero-order valence-electron chi connectivity index (χ0n) is 23.2. The first kappa shape index (κ1) is 28.3. The van der Waals surface area contributed by atoms with E-state index in [1.165, 1.54) is 10.8 Å². The van der Waals surface area contributed by atoms with E-state index in [1.54, 1.807) is 32.2 Å². The molecule has 0 fully saturated rings. The lowest BCUT2D eigenvalue weighted by molar-refractivity contribution is -0.122. The highest BCUT2D eigenvalue weighted by Crippen LogP contribution is 2.29. The van der Waals surface area contributed by atoms with Crippen LogP contribution in [-0.2, 0) is 23.2 Å². The summed E-state index contributed by atoms with van der Waals surface area (Å²) in [5.41, 5.74) is 7.33. The van der Waals surface area contributed by atoms with Crippen molar-refractivity contribution in [3.05, 3.63) is 88.3 Å². The highest BCUT2D eigenvalue weighted by Gasteiger charge is 2.35. The number of nitrogen functional groups attached to an aromatic ring is 1. The molecule has 0 bridgehead atoms. The van der Waals surface area contributed by atoms with E-state index in [4.69, 9.17) is 10.2 Å². The van der Waals surface area contributed by atoms with Crippen LogP contribution < -0.4 is 16.6 Å². The van der Waals surface area contributed by atoms with Gasteiger partial charge in [0, 0.05) is 6.20 Å². The van der Waals surface area contributed by atoms with Crippen LogP contribution in [0.1, 0.15) is 62.5 Å². The molecule has 11 heteroatoms. The number of anilines is 1. The number of hydrogen-bond acceptors (Lipinski definition) is 9. The molecule has 0 saturated heterocycles. The molecular formula is C29H33N7O4. The number of aromatic nitrogens is 5. The molecule has 0 spiro atoms. The van der Waals surface area contributed by atoms with Crippen LogP contribution in [0.15, 0.2) is 64.1 Å². The van der Waals surface area contributed by atoms with E-state index in [0.717, 1.165) is 17.7 Å². The predicted octanol–water partition coefficient (Wildman–Crippen LogP) is 3.18. The maximum Gasteiger partial charge on any atom is 0.294 e. The maximum atomic E-state index is 13.4. The smallest absolute Gasteiger partial charge is 0.294 e. The summed E-state index contributed by atoms with van der Waals surface area (Å²) in [6.45, 7) is 9.02. The standard InChI is InChI=1S/C29H33N7O4/c1-6-18-12-13-21(31-14-18)29(4,5)28-35-34-26(40-28)24(38)23(17(2)3)33-22(37)16-36-20(15-32-25(30)27(36)39)19-10-8-7-9-11-19/h7-15,17,23H,6,16H2,1-5H3,(H2,30,32)(H,33,37). The minimum absolute atomic E-state index is 0.220. The zero-order valence-corrected chi connectivity index (χ0v) is 23.2. The molecule has 4 rings (SSSR count).